The lowest BCUT2D eigenvalue weighted by atomic mass is 9.71. The Bertz CT molecular complexity index is 422. The maximum atomic E-state index is 12.1. The van der Waals surface area contributed by atoms with Crippen molar-refractivity contribution in [3.05, 3.63) is 0 Å². The smallest absolute Gasteiger partial charge is 0.324 e. The highest BCUT2D eigenvalue weighted by Gasteiger charge is 2.33. The van der Waals surface area contributed by atoms with Crippen molar-refractivity contribution in [2.45, 2.75) is 44.9 Å². The molecule has 4 N–H and O–H groups in total. The Morgan fingerprint density at radius 3 is 2.52 bits per heavy atom. The summed E-state index contributed by atoms with van der Waals surface area (Å²) in [5.74, 6) is -0.190. The summed E-state index contributed by atoms with van der Waals surface area (Å²) in [6.45, 7) is 1.44. The quantitative estimate of drug-likeness (QED) is 0.467. The maximum absolute atomic E-state index is 12.1. The standard InChI is InChI=1S/C15H26N4O3.ClH/c16-11-15(5-2-1-3-6-15)9-12(20)17-7-4-8-19-13(21)10-18-14(19)22;/h1-11,16H2,(H,17,20)(H,18,22);1H. The lowest BCUT2D eigenvalue weighted by Crippen LogP contribution is -2.39. The van der Waals surface area contributed by atoms with Crippen molar-refractivity contribution in [3.8, 4) is 0 Å². The van der Waals surface area contributed by atoms with Gasteiger partial charge >= 0.3 is 6.03 Å². The van der Waals surface area contributed by atoms with Gasteiger partial charge in [-0.05, 0) is 31.2 Å². The SMILES string of the molecule is Cl.NCC1(CC(=O)NCCCN2C(=O)CNC2=O)CCCCC1. The van der Waals surface area contributed by atoms with Gasteiger partial charge in [-0.2, -0.15) is 0 Å². The Morgan fingerprint density at radius 1 is 1.26 bits per heavy atom. The summed E-state index contributed by atoms with van der Waals surface area (Å²) >= 11 is 0. The van der Waals surface area contributed by atoms with Gasteiger partial charge in [0.25, 0.3) is 0 Å². The van der Waals surface area contributed by atoms with Crippen molar-refractivity contribution in [1.29, 1.82) is 0 Å². The average Bonchev–Trinajstić information content (AvgIpc) is 2.84. The van der Waals surface area contributed by atoms with Crippen LogP contribution in [0.2, 0.25) is 0 Å². The second-order valence-corrected chi connectivity index (χ2v) is 6.35. The number of amides is 4. The predicted octanol–water partition coefficient (Wildman–Crippen LogP) is 0.766. The topological polar surface area (TPSA) is 105 Å². The van der Waals surface area contributed by atoms with E-state index in [4.69, 9.17) is 5.73 Å². The monoisotopic (exact) mass is 346 g/mol. The van der Waals surface area contributed by atoms with Crippen LogP contribution in [0.4, 0.5) is 4.79 Å². The van der Waals surface area contributed by atoms with E-state index in [1.165, 1.54) is 11.3 Å². The molecule has 1 aliphatic carbocycles. The zero-order valence-corrected chi connectivity index (χ0v) is 14.3. The first kappa shape index (κ1) is 19.7. The van der Waals surface area contributed by atoms with Crippen molar-refractivity contribution in [2.75, 3.05) is 26.2 Å². The van der Waals surface area contributed by atoms with Crippen molar-refractivity contribution < 1.29 is 14.4 Å². The van der Waals surface area contributed by atoms with E-state index in [-0.39, 0.29) is 42.2 Å². The molecule has 0 aromatic rings. The number of halogens is 1. The maximum Gasteiger partial charge on any atom is 0.324 e. The molecule has 0 aromatic carbocycles. The third-order valence-electron chi connectivity index (χ3n) is 4.70. The molecule has 0 spiro atoms. The summed E-state index contributed by atoms with van der Waals surface area (Å²) in [5.41, 5.74) is 5.85. The van der Waals surface area contributed by atoms with E-state index < -0.39 is 0 Å². The molecule has 1 saturated carbocycles. The van der Waals surface area contributed by atoms with Crippen molar-refractivity contribution in [2.24, 2.45) is 11.1 Å². The normalized spacial score (nSPS) is 20.0. The molecule has 0 radical (unpaired) electrons. The molecule has 8 heteroatoms. The van der Waals surface area contributed by atoms with Crippen LogP contribution in [0.1, 0.15) is 44.9 Å². The summed E-state index contributed by atoms with van der Waals surface area (Å²) in [6.07, 6.45) is 6.63. The Kier molecular flexibility index (Phi) is 7.78. The van der Waals surface area contributed by atoms with Crippen LogP contribution >= 0.6 is 12.4 Å². The number of nitrogens with zero attached hydrogens (tertiary/aromatic N) is 1. The first-order valence-electron chi connectivity index (χ1n) is 8.11. The van der Waals surface area contributed by atoms with E-state index in [0.717, 1.165) is 25.7 Å². The Balaban J connectivity index is 0.00000264. The zero-order chi connectivity index (χ0) is 16.0. The third-order valence-corrected chi connectivity index (χ3v) is 4.70. The highest BCUT2D eigenvalue weighted by Crippen LogP contribution is 2.38. The summed E-state index contributed by atoms with van der Waals surface area (Å²) in [6, 6.07) is -0.347. The van der Waals surface area contributed by atoms with Crippen LogP contribution in [0.15, 0.2) is 0 Å². The van der Waals surface area contributed by atoms with Gasteiger partial charge in [-0.3, -0.25) is 14.5 Å². The number of imide groups is 1. The molecule has 2 aliphatic rings. The third kappa shape index (κ3) is 5.35. The molecule has 2 fully saturated rings. The van der Waals surface area contributed by atoms with Crippen molar-refractivity contribution >= 4 is 30.3 Å². The number of hydrogen-bond donors (Lipinski definition) is 3. The van der Waals surface area contributed by atoms with E-state index in [0.29, 0.717) is 32.5 Å². The van der Waals surface area contributed by atoms with Gasteiger partial charge < -0.3 is 16.4 Å². The number of nitrogens with one attached hydrogen (secondary N) is 2. The fraction of sp³-hybridized carbons (Fsp3) is 0.800. The first-order valence-corrected chi connectivity index (χ1v) is 8.11. The number of carbonyl (C=O) groups excluding carboxylic acids is 3. The number of nitrogens with two attached hydrogens (primary N) is 1. The molecule has 132 valence electrons. The molecule has 7 nitrogen and oxygen atoms in total. The molecule has 23 heavy (non-hydrogen) atoms. The van der Waals surface area contributed by atoms with E-state index in [1.54, 1.807) is 0 Å². The Morgan fingerprint density at radius 2 is 1.96 bits per heavy atom. The summed E-state index contributed by atoms with van der Waals surface area (Å²) < 4.78 is 0. The molecule has 0 aromatic heterocycles. The van der Waals surface area contributed by atoms with Gasteiger partial charge in [0.1, 0.15) is 0 Å². The highest BCUT2D eigenvalue weighted by atomic mass is 35.5. The predicted molar refractivity (Wildman–Crippen MR) is 89.2 cm³/mol. The Labute approximate surface area is 143 Å². The second kappa shape index (κ2) is 9.08. The molecule has 0 bridgehead atoms. The molecule has 0 atom stereocenters. The molecular weight excluding hydrogens is 320 g/mol. The molecule has 4 amide bonds. The van der Waals surface area contributed by atoms with Crippen LogP contribution < -0.4 is 16.4 Å². The van der Waals surface area contributed by atoms with Crippen LogP contribution in [0.3, 0.4) is 0 Å². The van der Waals surface area contributed by atoms with Gasteiger partial charge in [0, 0.05) is 19.5 Å². The number of urea groups is 1. The molecule has 0 unspecified atom stereocenters. The van der Waals surface area contributed by atoms with Crippen LogP contribution in [0.5, 0.6) is 0 Å². The van der Waals surface area contributed by atoms with Gasteiger partial charge in [0.15, 0.2) is 0 Å². The fourth-order valence-corrected chi connectivity index (χ4v) is 3.30. The minimum atomic E-state index is -0.347. The number of hydrogen-bond acceptors (Lipinski definition) is 4. The molecule has 1 saturated heterocycles. The van der Waals surface area contributed by atoms with E-state index in [9.17, 15) is 14.4 Å². The van der Waals surface area contributed by atoms with Gasteiger partial charge in [0.05, 0.1) is 6.54 Å². The minimum absolute atomic E-state index is 0. The number of rotatable bonds is 7. The first-order chi connectivity index (χ1) is 10.6. The minimum Gasteiger partial charge on any atom is -0.356 e. The van der Waals surface area contributed by atoms with Gasteiger partial charge in [0.2, 0.25) is 11.8 Å². The molecule has 1 heterocycles. The lowest BCUT2D eigenvalue weighted by molar-refractivity contribution is -0.125. The van der Waals surface area contributed by atoms with Crippen molar-refractivity contribution in [3.63, 3.8) is 0 Å². The van der Waals surface area contributed by atoms with E-state index in [1.807, 2.05) is 0 Å². The highest BCUT2D eigenvalue weighted by molar-refractivity contribution is 6.01. The van der Waals surface area contributed by atoms with Crippen molar-refractivity contribution in [1.82, 2.24) is 15.5 Å². The average molecular weight is 347 g/mol. The number of carbonyl (C=O) groups is 3. The van der Waals surface area contributed by atoms with Gasteiger partial charge in [-0.25, -0.2) is 4.79 Å². The summed E-state index contributed by atoms with van der Waals surface area (Å²) in [4.78, 5) is 36.0. The summed E-state index contributed by atoms with van der Waals surface area (Å²) in [7, 11) is 0. The van der Waals surface area contributed by atoms with Crippen LogP contribution in [-0.2, 0) is 9.59 Å². The van der Waals surface area contributed by atoms with E-state index in [2.05, 4.69) is 10.6 Å². The van der Waals surface area contributed by atoms with Crippen LogP contribution in [0.25, 0.3) is 0 Å². The summed E-state index contributed by atoms with van der Waals surface area (Å²) in [5, 5.41) is 5.35. The Hall–Kier alpha value is -1.34. The van der Waals surface area contributed by atoms with E-state index >= 15 is 0 Å². The zero-order valence-electron chi connectivity index (χ0n) is 13.4. The largest absolute Gasteiger partial charge is 0.356 e. The second-order valence-electron chi connectivity index (χ2n) is 6.35. The van der Waals surface area contributed by atoms with Crippen LogP contribution in [0, 0.1) is 5.41 Å². The lowest BCUT2D eigenvalue weighted by Gasteiger charge is -2.35. The molecule has 1 aliphatic heterocycles. The van der Waals surface area contributed by atoms with Gasteiger partial charge in [-0.1, -0.05) is 19.3 Å². The van der Waals surface area contributed by atoms with Crippen LogP contribution in [-0.4, -0.2) is 48.9 Å². The molecular formula is C15H27ClN4O3. The van der Waals surface area contributed by atoms with Gasteiger partial charge in [-0.15, -0.1) is 12.4 Å². The fourth-order valence-electron chi connectivity index (χ4n) is 3.30. The molecule has 2 rings (SSSR count).